The summed E-state index contributed by atoms with van der Waals surface area (Å²) < 4.78 is 0. The summed E-state index contributed by atoms with van der Waals surface area (Å²) >= 11 is 0. The van der Waals surface area contributed by atoms with Gasteiger partial charge in [-0.1, -0.05) is 17.7 Å². The molecule has 18 heavy (non-hydrogen) atoms. The fourth-order valence-electron chi connectivity index (χ4n) is 2.87. The summed E-state index contributed by atoms with van der Waals surface area (Å²) in [6.07, 6.45) is 0. The van der Waals surface area contributed by atoms with E-state index in [2.05, 4.69) is 29.7 Å². The number of aryl methyl sites for hydroxylation is 3. The van der Waals surface area contributed by atoms with Crippen LogP contribution in [-0.4, -0.2) is 30.2 Å². The van der Waals surface area contributed by atoms with E-state index in [4.69, 9.17) is 0 Å². The van der Waals surface area contributed by atoms with Crippen molar-refractivity contribution in [1.29, 1.82) is 0 Å². The highest BCUT2D eigenvalue weighted by atomic mass is 16.4. The third-order valence-electron chi connectivity index (χ3n) is 3.50. The lowest BCUT2D eigenvalue weighted by molar-refractivity contribution is -0.140. The number of carboxylic acid groups (broad SMARTS) is 1. The number of rotatable bonds is 2. The first-order chi connectivity index (χ1) is 8.50. The largest absolute Gasteiger partial charge is 0.480 e. The van der Waals surface area contributed by atoms with Gasteiger partial charge in [-0.3, -0.25) is 4.79 Å². The summed E-state index contributed by atoms with van der Waals surface area (Å²) in [6, 6.07) is 3.51. The van der Waals surface area contributed by atoms with Crippen LogP contribution in [0, 0.1) is 20.8 Å². The number of carbonyl (C=O) groups is 1. The molecule has 3 N–H and O–H groups in total. The molecule has 0 spiro atoms. The fourth-order valence-corrected chi connectivity index (χ4v) is 2.87. The number of benzene rings is 1. The number of piperazine rings is 1. The number of aliphatic carboxylic acids is 1. The van der Waals surface area contributed by atoms with Gasteiger partial charge in [0.15, 0.2) is 0 Å². The van der Waals surface area contributed by atoms with Gasteiger partial charge in [0.2, 0.25) is 0 Å². The number of hydrogen-bond acceptors (Lipinski definition) is 3. The number of hydrogen-bond donors (Lipinski definition) is 3. The molecular formula is C14H20N2O2. The Morgan fingerprint density at radius 3 is 2.28 bits per heavy atom. The van der Waals surface area contributed by atoms with Crippen molar-refractivity contribution in [3.8, 4) is 0 Å². The van der Waals surface area contributed by atoms with Crippen LogP contribution < -0.4 is 10.6 Å². The van der Waals surface area contributed by atoms with Crippen molar-refractivity contribution in [2.45, 2.75) is 32.9 Å². The van der Waals surface area contributed by atoms with Crippen molar-refractivity contribution in [3.63, 3.8) is 0 Å². The first kappa shape index (κ1) is 13.1. The van der Waals surface area contributed by atoms with Crippen LogP contribution in [0.3, 0.4) is 0 Å². The molecule has 0 radical (unpaired) electrons. The standard InChI is InChI=1S/C14H20N2O2/c1-8-6-9(2)11(10(3)7-8)12-13(14(17)18)16-5-4-15-12/h6-7,12-13,15-16H,4-5H2,1-3H3,(H,17,18). The Hall–Kier alpha value is -1.39. The molecule has 1 aliphatic rings. The minimum Gasteiger partial charge on any atom is -0.480 e. The van der Waals surface area contributed by atoms with E-state index in [1.807, 2.05) is 13.8 Å². The molecular weight excluding hydrogens is 228 g/mol. The van der Waals surface area contributed by atoms with E-state index < -0.39 is 12.0 Å². The summed E-state index contributed by atoms with van der Waals surface area (Å²) in [4.78, 5) is 11.3. The van der Waals surface area contributed by atoms with E-state index >= 15 is 0 Å². The van der Waals surface area contributed by atoms with Crippen molar-refractivity contribution in [1.82, 2.24) is 10.6 Å². The van der Waals surface area contributed by atoms with Crippen molar-refractivity contribution >= 4 is 5.97 Å². The summed E-state index contributed by atoms with van der Waals surface area (Å²) in [6.45, 7) is 7.64. The maximum atomic E-state index is 11.3. The average Bonchev–Trinajstić information content (AvgIpc) is 2.28. The molecule has 0 aliphatic carbocycles. The Morgan fingerprint density at radius 2 is 1.72 bits per heavy atom. The highest BCUT2D eigenvalue weighted by molar-refractivity contribution is 5.75. The molecule has 1 aromatic carbocycles. The van der Waals surface area contributed by atoms with Gasteiger partial charge in [0.1, 0.15) is 6.04 Å². The van der Waals surface area contributed by atoms with Crippen molar-refractivity contribution in [2.24, 2.45) is 0 Å². The maximum Gasteiger partial charge on any atom is 0.322 e. The minimum atomic E-state index is -0.799. The number of nitrogens with one attached hydrogen (secondary N) is 2. The van der Waals surface area contributed by atoms with E-state index in [9.17, 15) is 9.90 Å². The van der Waals surface area contributed by atoms with Gasteiger partial charge in [0, 0.05) is 13.1 Å². The Morgan fingerprint density at radius 1 is 1.17 bits per heavy atom. The SMILES string of the molecule is Cc1cc(C)c(C2NCCNC2C(=O)O)c(C)c1. The second-order valence-corrected chi connectivity index (χ2v) is 5.01. The van der Waals surface area contributed by atoms with Crippen LogP contribution in [0.25, 0.3) is 0 Å². The monoisotopic (exact) mass is 248 g/mol. The van der Waals surface area contributed by atoms with Gasteiger partial charge < -0.3 is 15.7 Å². The number of carboxylic acids is 1. The smallest absolute Gasteiger partial charge is 0.322 e. The van der Waals surface area contributed by atoms with Gasteiger partial charge in [-0.05, 0) is 37.5 Å². The van der Waals surface area contributed by atoms with Crippen molar-refractivity contribution in [2.75, 3.05) is 13.1 Å². The first-order valence-electron chi connectivity index (χ1n) is 6.28. The third kappa shape index (κ3) is 2.40. The molecule has 98 valence electrons. The fraction of sp³-hybridized carbons (Fsp3) is 0.500. The Bertz CT molecular complexity index is 448. The lowest BCUT2D eigenvalue weighted by Crippen LogP contribution is -2.54. The summed E-state index contributed by atoms with van der Waals surface area (Å²) in [5, 5.41) is 15.7. The van der Waals surface area contributed by atoms with Crippen LogP contribution >= 0.6 is 0 Å². The van der Waals surface area contributed by atoms with Crippen LogP contribution in [0.4, 0.5) is 0 Å². The average molecular weight is 248 g/mol. The second kappa shape index (κ2) is 5.08. The predicted octanol–water partition coefficient (Wildman–Crippen LogP) is 1.30. The van der Waals surface area contributed by atoms with E-state index in [1.54, 1.807) is 0 Å². The van der Waals surface area contributed by atoms with Gasteiger partial charge in [0.05, 0.1) is 6.04 Å². The molecule has 1 fully saturated rings. The van der Waals surface area contributed by atoms with Crippen molar-refractivity contribution < 1.29 is 9.90 Å². The molecule has 0 aromatic heterocycles. The van der Waals surface area contributed by atoms with Crippen molar-refractivity contribution in [3.05, 3.63) is 34.4 Å². The predicted molar refractivity (Wildman–Crippen MR) is 70.8 cm³/mol. The topological polar surface area (TPSA) is 61.4 Å². The summed E-state index contributed by atoms with van der Waals surface area (Å²) in [7, 11) is 0. The molecule has 1 aromatic rings. The molecule has 2 atom stereocenters. The summed E-state index contributed by atoms with van der Waals surface area (Å²) in [5.74, 6) is -0.799. The highest BCUT2D eigenvalue weighted by Crippen LogP contribution is 2.27. The molecule has 4 heteroatoms. The van der Waals surface area contributed by atoms with Gasteiger partial charge in [0.25, 0.3) is 0 Å². The van der Waals surface area contributed by atoms with E-state index in [0.717, 1.165) is 23.2 Å². The Labute approximate surface area is 107 Å². The molecule has 2 unspecified atom stereocenters. The lowest BCUT2D eigenvalue weighted by atomic mass is 9.89. The molecule has 1 aliphatic heterocycles. The van der Waals surface area contributed by atoms with Crippen LogP contribution in [0.15, 0.2) is 12.1 Å². The Balaban J connectivity index is 2.43. The van der Waals surface area contributed by atoms with E-state index in [1.165, 1.54) is 5.56 Å². The molecule has 0 bridgehead atoms. The second-order valence-electron chi connectivity index (χ2n) is 5.01. The molecule has 0 saturated carbocycles. The van der Waals surface area contributed by atoms with Gasteiger partial charge in [-0.25, -0.2) is 0 Å². The molecule has 4 nitrogen and oxygen atoms in total. The van der Waals surface area contributed by atoms with Crippen LogP contribution in [0.1, 0.15) is 28.3 Å². The molecule has 1 heterocycles. The van der Waals surface area contributed by atoms with Crippen LogP contribution in [0.2, 0.25) is 0 Å². The Kier molecular flexibility index (Phi) is 3.68. The quantitative estimate of drug-likeness (QED) is 0.738. The van der Waals surface area contributed by atoms with Crippen LogP contribution in [-0.2, 0) is 4.79 Å². The van der Waals surface area contributed by atoms with Gasteiger partial charge in [-0.2, -0.15) is 0 Å². The minimum absolute atomic E-state index is 0.156. The zero-order chi connectivity index (χ0) is 13.3. The summed E-state index contributed by atoms with van der Waals surface area (Å²) in [5.41, 5.74) is 4.63. The lowest BCUT2D eigenvalue weighted by Gasteiger charge is -2.33. The molecule has 1 saturated heterocycles. The van der Waals surface area contributed by atoms with Gasteiger partial charge >= 0.3 is 5.97 Å². The van der Waals surface area contributed by atoms with E-state index in [-0.39, 0.29) is 6.04 Å². The molecule has 0 amide bonds. The first-order valence-corrected chi connectivity index (χ1v) is 6.28. The highest BCUT2D eigenvalue weighted by Gasteiger charge is 2.33. The zero-order valence-electron chi connectivity index (χ0n) is 11.1. The maximum absolute atomic E-state index is 11.3. The van der Waals surface area contributed by atoms with E-state index in [0.29, 0.717) is 6.54 Å². The normalized spacial score (nSPS) is 23.9. The zero-order valence-corrected chi connectivity index (χ0v) is 11.1. The van der Waals surface area contributed by atoms with Gasteiger partial charge in [-0.15, -0.1) is 0 Å². The van der Waals surface area contributed by atoms with Crippen LogP contribution in [0.5, 0.6) is 0 Å². The third-order valence-corrected chi connectivity index (χ3v) is 3.50. The molecule has 2 rings (SSSR count).